The Balaban J connectivity index is 1.76. The fourth-order valence-corrected chi connectivity index (χ4v) is 3.21. The van der Waals surface area contributed by atoms with Crippen molar-refractivity contribution in [3.63, 3.8) is 0 Å². The number of nitrogens with one attached hydrogen (secondary N) is 1. The van der Waals surface area contributed by atoms with Crippen molar-refractivity contribution in [3.8, 4) is 5.69 Å². The second-order valence-corrected chi connectivity index (χ2v) is 6.36. The number of carbonyl (C=O) groups excluding carboxylic acids is 1. The van der Waals surface area contributed by atoms with Crippen LogP contribution in [0.15, 0.2) is 36.9 Å². The van der Waals surface area contributed by atoms with Gasteiger partial charge in [0.1, 0.15) is 0 Å². The zero-order valence-electron chi connectivity index (χ0n) is 13.4. The van der Waals surface area contributed by atoms with Crippen LogP contribution in [0.3, 0.4) is 0 Å². The summed E-state index contributed by atoms with van der Waals surface area (Å²) >= 11 is 0. The number of aryl methyl sites for hydroxylation is 1. The molecule has 0 aliphatic heterocycles. The Morgan fingerprint density at radius 3 is 2.78 bits per heavy atom. The predicted octanol–water partition coefficient (Wildman–Crippen LogP) is 2.46. The van der Waals surface area contributed by atoms with Crippen molar-refractivity contribution in [3.05, 3.63) is 48.0 Å². The maximum atomic E-state index is 12.7. The number of aliphatic hydroxyl groups is 1. The second-order valence-electron chi connectivity index (χ2n) is 6.36. The Hall–Kier alpha value is -2.14. The molecule has 1 aromatic carbocycles. The Labute approximate surface area is 136 Å². The van der Waals surface area contributed by atoms with Gasteiger partial charge in [-0.1, -0.05) is 11.6 Å². The van der Waals surface area contributed by atoms with E-state index in [0.717, 1.165) is 36.9 Å². The fraction of sp³-hybridized carbons (Fsp3) is 0.444. The van der Waals surface area contributed by atoms with E-state index < -0.39 is 0 Å². The first-order valence-electron chi connectivity index (χ1n) is 8.18. The third-order valence-electron chi connectivity index (χ3n) is 4.62. The fourth-order valence-electron chi connectivity index (χ4n) is 3.21. The molecule has 1 amide bonds. The SMILES string of the molecule is Cc1ccc(-n2ccnc2)c(C(=O)NC2CCC(CO)CC2)c1. The molecule has 23 heavy (non-hydrogen) atoms. The summed E-state index contributed by atoms with van der Waals surface area (Å²) in [6.45, 7) is 2.24. The third-order valence-corrected chi connectivity index (χ3v) is 4.62. The van der Waals surface area contributed by atoms with Crippen LogP contribution in [0.25, 0.3) is 5.69 Å². The molecule has 1 heterocycles. The van der Waals surface area contributed by atoms with Gasteiger partial charge in [0.2, 0.25) is 0 Å². The van der Waals surface area contributed by atoms with Gasteiger partial charge < -0.3 is 15.0 Å². The zero-order valence-corrected chi connectivity index (χ0v) is 13.4. The standard InChI is InChI=1S/C18H23N3O2/c1-13-2-7-17(21-9-8-19-12-21)16(10-13)18(23)20-15-5-3-14(11-22)4-6-15/h2,7-10,12,14-15,22H,3-6,11H2,1H3,(H,20,23). The van der Waals surface area contributed by atoms with E-state index in [0.29, 0.717) is 11.5 Å². The van der Waals surface area contributed by atoms with Gasteiger partial charge >= 0.3 is 0 Å². The summed E-state index contributed by atoms with van der Waals surface area (Å²) < 4.78 is 1.86. The number of carbonyl (C=O) groups is 1. The molecule has 2 aromatic rings. The van der Waals surface area contributed by atoms with Gasteiger partial charge in [0.25, 0.3) is 5.91 Å². The zero-order chi connectivity index (χ0) is 16.2. The lowest BCUT2D eigenvalue weighted by molar-refractivity contribution is 0.0914. The Morgan fingerprint density at radius 1 is 1.35 bits per heavy atom. The number of imidazole rings is 1. The van der Waals surface area contributed by atoms with Crippen LogP contribution in [0.2, 0.25) is 0 Å². The summed E-state index contributed by atoms with van der Waals surface area (Å²) in [5.74, 6) is 0.355. The van der Waals surface area contributed by atoms with Crippen molar-refractivity contribution < 1.29 is 9.90 Å². The van der Waals surface area contributed by atoms with Crippen LogP contribution in [0.1, 0.15) is 41.6 Å². The van der Waals surface area contributed by atoms with Gasteiger partial charge in [0, 0.05) is 25.0 Å². The van der Waals surface area contributed by atoms with Crippen LogP contribution in [0, 0.1) is 12.8 Å². The van der Waals surface area contributed by atoms with Crippen LogP contribution >= 0.6 is 0 Å². The van der Waals surface area contributed by atoms with Crippen molar-refractivity contribution in [1.82, 2.24) is 14.9 Å². The lowest BCUT2D eigenvalue weighted by Gasteiger charge is -2.28. The highest BCUT2D eigenvalue weighted by molar-refractivity contribution is 5.98. The van der Waals surface area contributed by atoms with E-state index in [4.69, 9.17) is 0 Å². The molecule has 1 aromatic heterocycles. The average molecular weight is 313 g/mol. The number of nitrogens with zero attached hydrogens (tertiary/aromatic N) is 2. The molecule has 5 nitrogen and oxygen atoms in total. The largest absolute Gasteiger partial charge is 0.396 e. The van der Waals surface area contributed by atoms with Crippen molar-refractivity contribution in [2.75, 3.05) is 6.61 Å². The van der Waals surface area contributed by atoms with E-state index in [1.807, 2.05) is 35.9 Å². The summed E-state index contributed by atoms with van der Waals surface area (Å²) in [5.41, 5.74) is 2.57. The summed E-state index contributed by atoms with van der Waals surface area (Å²) in [6, 6.07) is 6.07. The minimum atomic E-state index is -0.0372. The number of benzene rings is 1. The molecule has 2 N–H and O–H groups in total. The minimum Gasteiger partial charge on any atom is -0.396 e. The van der Waals surface area contributed by atoms with E-state index in [-0.39, 0.29) is 18.6 Å². The molecule has 1 aliphatic rings. The van der Waals surface area contributed by atoms with E-state index in [2.05, 4.69) is 10.3 Å². The molecular formula is C18H23N3O2. The molecule has 122 valence electrons. The minimum absolute atomic E-state index is 0.0372. The Kier molecular flexibility index (Phi) is 4.76. The van der Waals surface area contributed by atoms with Crippen LogP contribution in [0.4, 0.5) is 0 Å². The summed E-state index contributed by atoms with van der Waals surface area (Å²) in [7, 11) is 0. The maximum absolute atomic E-state index is 12.7. The molecule has 1 aliphatic carbocycles. The molecule has 0 saturated heterocycles. The summed E-state index contributed by atoms with van der Waals surface area (Å²) in [5, 5.41) is 12.4. The quantitative estimate of drug-likeness (QED) is 0.911. The molecule has 0 bridgehead atoms. The Bertz CT molecular complexity index is 659. The van der Waals surface area contributed by atoms with Crippen LogP contribution in [-0.4, -0.2) is 33.2 Å². The van der Waals surface area contributed by atoms with E-state index >= 15 is 0 Å². The van der Waals surface area contributed by atoms with Crippen molar-refractivity contribution >= 4 is 5.91 Å². The van der Waals surface area contributed by atoms with E-state index in [1.165, 1.54) is 0 Å². The lowest BCUT2D eigenvalue weighted by atomic mass is 9.86. The molecule has 1 fully saturated rings. The molecular weight excluding hydrogens is 290 g/mol. The van der Waals surface area contributed by atoms with Crippen LogP contribution < -0.4 is 5.32 Å². The van der Waals surface area contributed by atoms with Gasteiger partial charge in [-0.2, -0.15) is 0 Å². The first-order chi connectivity index (χ1) is 11.2. The second kappa shape index (κ2) is 6.96. The average Bonchev–Trinajstić information content (AvgIpc) is 3.09. The smallest absolute Gasteiger partial charge is 0.253 e. The number of amides is 1. The predicted molar refractivity (Wildman–Crippen MR) is 88.6 cm³/mol. The first-order valence-corrected chi connectivity index (χ1v) is 8.18. The monoisotopic (exact) mass is 313 g/mol. The normalized spacial score (nSPS) is 21.1. The lowest BCUT2D eigenvalue weighted by Crippen LogP contribution is -2.38. The topological polar surface area (TPSA) is 67.2 Å². The first kappa shape index (κ1) is 15.7. The van der Waals surface area contributed by atoms with Gasteiger partial charge in [0.15, 0.2) is 0 Å². The number of aromatic nitrogens is 2. The van der Waals surface area contributed by atoms with Gasteiger partial charge in [-0.05, 0) is 50.7 Å². The number of rotatable bonds is 4. The summed E-state index contributed by atoms with van der Waals surface area (Å²) in [4.78, 5) is 16.8. The summed E-state index contributed by atoms with van der Waals surface area (Å²) in [6.07, 6.45) is 9.07. The Morgan fingerprint density at radius 2 is 2.13 bits per heavy atom. The molecule has 0 radical (unpaired) electrons. The van der Waals surface area contributed by atoms with Crippen LogP contribution in [-0.2, 0) is 0 Å². The van der Waals surface area contributed by atoms with Crippen molar-refractivity contribution in [2.45, 2.75) is 38.6 Å². The molecule has 0 unspecified atom stereocenters. The van der Waals surface area contributed by atoms with Gasteiger partial charge in [0.05, 0.1) is 17.6 Å². The highest BCUT2D eigenvalue weighted by Gasteiger charge is 2.23. The highest BCUT2D eigenvalue weighted by Crippen LogP contribution is 2.24. The molecule has 0 spiro atoms. The van der Waals surface area contributed by atoms with Crippen molar-refractivity contribution in [1.29, 1.82) is 0 Å². The highest BCUT2D eigenvalue weighted by atomic mass is 16.3. The third kappa shape index (κ3) is 3.62. The van der Waals surface area contributed by atoms with Gasteiger partial charge in [-0.15, -0.1) is 0 Å². The molecule has 1 saturated carbocycles. The molecule has 5 heteroatoms. The molecule has 0 atom stereocenters. The van der Waals surface area contributed by atoms with E-state index in [1.54, 1.807) is 12.5 Å². The van der Waals surface area contributed by atoms with E-state index in [9.17, 15) is 9.90 Å². The number of hydrogen-bond acceptors (Lipinski definition) is 3. The number of hydrogen-bond donors (Lipinski definition) is 2. The maximum Gasteiger partial charge on any atom is 0.253 e. The van der Waals surface area contributed by atoms with Gasteiger partial charge in [-0.3, -0.25) is 4.79 Å². The van der Waals surface area contributed by atoms with Gasteiger partial charge in [-0.25, -0.2) is 4.98 Å². The number of aliphatic hydroxyl groups excluding tert-OH is 1. The van der Waals surface area contributed by atoms with Crippen molar-refractivity contribution in [2.24, 2.45) is 5.92 Å². The van der Waals surface area contributed by atoms with Crippen LogP contribution in [0.5, 0.6) is 0 Å². The molecule has 3 rings (SSSR count).